The van der Waals surface area contributed by atoms with Crippen LogP contribution in [0.5, 0.6) is 11.5 Å². The van der Waals surface area contributed by atoms with Gasteiger partial charge in [-0.25, -0.2) is 0 Å². The first kappa shape index (κ1) is 26.3. The van der Waals surface area contributed by atoms with Crippen LogP contribution >= 0.6 is 0 Å². The molecule has 0 fully saturated rings. The molecule has 0 unspecified atom stereocenters. The molecule has 6 nitrogen and oxygen atoms in total. The number of hydrogen-bond acceptors (Lipinski definition) is 5. The van der Waals surface area contributed by atoms with E-state index in [9.17, 15) is 9.59 Å². The average Bonchev–Trinajstić information content (AvgIpc) is 2.93. The summed E-state index contributed by atoms with van der Waals surface area (Å²) < 4.78 is 10.9. The lowest BCUT2D eigenvalue weighted by Gasteiger charge is -2.37. The molecule has 1 heterocycles. The summed E-state index contributed by atoms with van der Waals surface area (Å²) in [7, 11) is 3.22. The van der Waals surface area contributed by atoms with Crippen molar-refractivity contribution in [3.8, 4) is 11.5 Å². The number of nitrogens with one attached hydrogen (secondary N) is 2. The number of allylic oxidation sites excluding steroid dienone is 3. The Bertz CT molecular complexity index is 1480. The molecule has 1 aliphatic carbocycles. The number of rotatable bonds is 6. The number of benzene rings is 3. The van der Waals surface area contributed by atoms with Crippen molar-refractivity contribution in [1.82, 2.24) is 5.32 Å². The minimum Gasteiger partial charge on any atom is -0.493 e. The molecule has 0 radical (unpaired) electrons. The van der Waals surface area contributed by atoms with Gasteiger partial charge >= 0.3 is 0 Å². The maximum atomic E-state index is 13.9. The van der Waals surface area contributed by atoms with Gasteiger partial charge < -0.3 is 20.1 Å². The third-order valence-electron chi connectivity index (χ3n) is 7.67. The number of carbonyl (C=O) groups excluding carboxylic acids is 2. The second-order valence-corrected chi connectivity index (χ2v) is 10.4. The molecule has 3 aromatic rings. The van der Waals surface area contributed by atoms with Crippen molar-refractivity contribution < 1.29 is 19.1 Å². The van der Waals surface area contributed by atoms with Gasteiger partial charge in [0.05, 0.1) is 14.2 Å². The maximum Gasteiger partial charge on any atom is 0.254 e. The van der Waals surface area contributed by atoms with Gasteiger partial charge in [0.1, 0.15) is 0 Å². The van der Waals surface area contributed by atoms with Crippen molar-refractivity contribution in [2.75, 3.05) is 19.5 Å². The zero-order valence-corrected chi connectivity index (χ0v) is 23.1. The smallest absolute Gasteiger partial charge is 0.254 e. The summed E-state index contributed by atoms with van der Waals surface area (Å²) >= 11 is 0. The van der Waals surface area contributed by atoms with Gasteiger partial charge in [-0.05, 0) is 68.5 Å². The number of ether oxygens (including phenoxy) is 2. The summed E-state index contributed by atoms with van der Waals surface area (Å²) in [6.07, 6.45) is 1.01. The Balaban J connectivity index is 1.53. The lowest BCUT2D eigenvalue weighted by Crippen LogP contribution is -2.37. The third-order valence-corrected chi connectivity index (χ3v) is 7.67. The Labute approximate surface area is 229 Å². The molecule has 5 rings (SSSR count). The fraction of sp³-hybridized carbons (Fsp3) is 0.273. The largest absolute Gasteiger partial charge is 0.493 e. The number of dihydropyridines is 1. The average molecular weight is 523 g/mol. The lowest BCUT2D eigenvalue weighted by molar-refractivity contribution is -0.116. The van der Waals surface area contributed by atoms with Crippen molar-refractivity contribution in [2.24, 2.45) is 0 Å². The maximum absolute atomic E-state index is 13.9. The number of Topliss-reactive ketones (excluding diaryl/α,β-unsaturated/α-hetero) is 1. The third kappa shape index (κ3) is 5.19. The van der Waals surface area contributed by atoms with Crippen molar-refractivity contribution >= 4 is 17.4 Å². The molecule has 0 spiro atoms. The number of methoxy groups -OCH3 is 2. The van der Waals surface area contributed by atoms with E-state index in [2.05, 4.69) is 10.6 Å². The molecule has 1 aliphatic heterocycles. The predicted molar refractivity (Wildman–Crippen MR) is 153 cm³/mol. The predicted octanol–water partition coefficient (Wildman–Crippen LogP) is 6.32. The Morgan fingerprint density at radius 2 is 1.44 bits per heavy atom. The summed E-state index contributed by atoms with van der Waals surface area (Å²) in [5, 5.41) is 6.51. The van der Waals surface area contributed by atoms with Gasteiger partial charge in [0.25, 0.3) is 5.91 Å². The van der Waals surface area contributed by atoms with Gasteiger partial charge in [-0.1, -0.05) is 53.6 Å². The van der Waals surface area contributed by atoms with E-state index >= 15 is 0 Å². The number of anilines is 1. The van der Waals surface area contributed by atoms with E-state index in [4.69, 9.17) is 9.47 Å². The first-order chi connectivity index (χ1) is 18.8. The molecular formula is C33H34N2O4. The van der Waals surface area contributed by atoms with E-state index in [1.807, 2.05) is 87.5 Å². The Hall–Kier alpha value is -4.32. The van der Waals surface area contributed by atoms with Gasteiger partial charge in [-0.2, -0.15) is 0 Å². The highest BCUT2D eigenvalue weighted by Crippen LogP contribution is 2.46. The van der Waals surface area contributed by atoms with Crippen LogP contribution in [-0.2, 0) is 9.59 Å². The molecule has 0 saturated heterocycles. The second-order valence-electron chi connectivity index (χ2n) is 10.4. The molecule has 200 valence electrons. The van der Waals surface area contributed by atoms with Crippen LogP contribution in [0.1, 0.15) is 53.9 Å². The van der Waals surface area contributed by atoms with Gasteiger partial charge in [-0.15, -0.1) is 0 Å². The number of aryl methyl sites for hydroxylation is 2. The first-order valence-corrected chi connectivity index (χ1v) is 13.2. The zero-order chi connectivity index (χ0) is 27.7. The van der Waals surface area contributed by atoms with E-state index in [0.29, 0.717) is 35.5 Å². The molecule has 2 atom stereocenters. The second kappa shape index (κ2) is 10.8. The van der Waals surface area contributed by atoms with Crippen molar-refractivity contribution in [3.63, 3.8) is 0 Å². The quantitative estimate of drug-likeness (QED) is 0.396. The summed E-state index contributed by atoms with van der Waals surface area (Å²) in [6.45, 7) is 5.96. The topological polar surface area (TPSA) is 76.7 Å². The molecule has 0 bridgehead atoms. The summed E-state index contributed by atoms with van der Waals surface area (Å²) in [5.74, 6) is 0.658. The van der Waals surface area contributed by atoms with Crippen LogP contribution in [0.25, 0.3) is 0 Å². The standard InChI is InChI=1S/C33H34N2O4/c1-19-6-10-22(11-7-19)31-30(33(37)35-25-13-8-20(2)9-14-25)21(3)34-26-16-24(17-27(36)32(26)31)23-12-15-28(38-4)29(18-23)39-5/h6-15,18,24,31,34H,16-17H2,1-5H3,(H,35,37)/t24-,31-/m1/s1. The minimum atomic E-state index is -0.453. The van der Waals surface area contributed by atoms with Crippen molar-refractivity contribution in [1.29, 1.82) is 0 Å². The molecule has 2 N–H and O–H groups in total. The van der Waals surface area contributed by atoms with Gasteiger partial charge in [0.2, 0.25) is 0 Å². The molecule has 3 aromatic carbocycles. The Kier molecular flexibility index (Phi) is 7.29. The van der Waals surface area contributed by atoms with Crippen LogP contribution < -0.4 is 20.1 Å². The number of carbonyl (C=O) groups is 2. The summed E-state index contributed by atoms with van der Waals surface area (Å²) in [4.78, 5) is 27.6. The highest BCUT2D eigenvalue weighted by Gasteiger charge is 2.41. The van der Waals surface area contributed by atoms with Crippen LogP contribution in [0.2, 0.25) is 0 Å². The minimum absolute atomic E-state index is 0.0158. The molecule has 0 saturated carbocycles. The van der Waals surface area contributed by atoms with Crippen molar-refractivity contribution in [2.45, 2.75) is 45.4 Å². The Morgan fingerprint density at radius 3 is 2.08 bits per heavy atom. The molecule has 2 aliphatic rings. The number of ketones is 1. The number of amides is 1. The SMILES string of the molecule is COc1ccc([C@H]2CC(=O)C3=C(C2)NC(C)=C(C(=O)Nc2ccc(C)cc2)[C@H]3c2ccc(C)cc2)cc1OC. The Morgan fingerprint density at radius 1 is 0.821 bits per heavy atom. The van der Waals surface area contributed by atoms with Crippen LogP contribution in [-0.4, -0.2) is 25.9 Å². The van der Waals surface area contributed by atoms with E-state index in [-0.39, 0.29) is 17.6 Å². The summed E-state index contributed by atoms with van der Waals surface area (Å²) in [6, 6.07) is 21.6. The molecule has 6 heteroatoms. The fourth-order valence-corrected chi connectivity index (χ4v) is 5.61. The summed E-state index contributed by atoms with van der Waals surface area (Å²) in [5.41, 5.74) is 7.78. The van der Waals surface area contributed by atoms with E-state index in [1.165, 1.54) is 0 Å². The van der Waals surface area contributed by atoms with E-state index < -0.39 is 5.92 Å². The molecule has 39 heavy (non-hydrogen) atoms. The number of hydrogen-bond donors (Lipinski definition) is 2. The van der Waals surface area contributed by atoms with E-state index in [1.54, 1.807) is 14.2 Å². The van der Waals surface area contributed by atoms with Crippen molar-refractivity contribution in [3.05, 3.63) is 112 Å². The zero-order valence-electron chi connectivity index (χ0n) is 23.1. The van der Waals surface area contributed by atoms with Crippen LogP contribution in [0.4, 0.5) is 5.69 Å². The monoisotopic (exact) mass is 522 g/mol. The molecule has 1 amide bonds. The molecular weight excluding hydrogens is 488 g/mol. The lowest BCUT2D eigenvalue weighted by atomic mass is 9.71. The van der Waals surface area contributed by atoms with E-state index in [0.717, 1.165) is 39.3 Å². The fourth-order valence-electron chi connectivity index (χ4n) is 5.61. The van der Waals surface area contributed by atoms with Crippen LogP contribution in [0, 0.1) is 13.8 Å². The first-order valence-electron chi connectivity index (χ1n) is 13.2. The normalized spacial score (nSPS) is 18.8. The highest BCUT2D eigenvalue weighted by atomic mass is 16.5. The highest BCUT2D eigenvalue weighted by molar-refractivity contribution is 6.10. The van der Waals surface area contributed by atoms with Crippen LogP contribution in [0.3, 0.4) is 0 Å². The van der Waals surface area contributed by atoms with Gasteiger partial charge in [0, 0.05) is 40.6 Å². The van der Waals surface area contributed by atoms with Crippen LogP contribution in [0.15, 0.2) is 89.3 Å². The van der Waals surface area contributed by atoms with Gasteiger partial charge in [0.15, 0.2) is 17.3 Å². The van der Waals surface area contributed by atoms with Gasteiger partial charge in [-0.3, -0.25) is 9.59 Å². The molecule has 0 aromatic heterocycles.